The van der Waals surface area contributed by atoms with Gasteiger partial charge >= 0.3 is 0 Å². The Balaban J connectivity index is 2.27. The van der Waals surface area contributed by atoms with Crippen molar-refractivity contribution in [1.82, 2.24) is 4.98 Å². The number of H-pyrrole nitrogens is 1. The molecule has 0 atom stereocenters. The molecule has 0 aliphatic heterocycles. The average molecular weight is 204 g/mol. The molecule has 1 aliphatic rings. The summed E-state index contributed by atoms with van der Waals surface area (Å²) in [5, 5.41) is 0.666. The molecule has 1 aromatic heterocycles. The molecule has 1 fully saturated rings. The normalized spacial score (nSPS) is 19.1. The van der Waals surface area contributed by atoms with Crippen LogP contribution in [0.4, 0.5) is 4.39 Å². The highest BCUT2D eigenvalue weighted by atomic mass is 19.1. The van der Waals surface area contributed by atoms with E-state index in [1.807, 2.05) is 12.3 Å². The molecule has 1 aromatic carbocycles. The molecule has 3 N–H and O–H groups in total. The third-order valence-electron chi connectivity index (χ3n) is 3.44. The fourth-order valence-electron chi connectivity index (χ4n) is 2.36. The second-order valence-electron chi connectivity index (χ2n) is 4.37. The van der Waals surface area contributed by atoms with E-state index in [-0.39, 0.29) is 11.4 Å². The molecule has 1 aliphatic carbocycles. The molecule has 0 bridgehead atoms. The lowest BCUT2D eigenvalue weighted by atomic mass is 9.73. The van der Waals surface area contributed by atoms with E-state index in [1.54, 1.807) is 6.07 Å². The lowest BCUT2D eigenvalue weighted by Crippen LogP contribution is -2.43. The lowest BCUT2D eigenvalue weighted by Gasteiger charge is -2.38. The van der Waals surface area contributed by atoms with Crippen LogP contribution < -0.4 is 5.73 Å². The van der Waals surface area contributed by atoms with Gasteiger partial charge in [0.05, 0.1) is 0 Å². The van der Waals surface area contributed by atoms with E-state index in [4.69, 9.17) is 5.73 Å². The first-order valence-corrected chi connectivity index (χ1v) is 5.26. The maximum atomic E-state index is 13.7. The van der Waals surface area contributed by atoms with Crippen LogP contribution in [0.1, 0.15) is 24.8 Å². The zero-order chi connectivity index (χ0) is 10.5. The molecule has 0 unspecified atom stereocenters. The highest BCUT2D eigenvalue weighted by molar-refractivity contribution is 5.85. The minimum Gasteiger partial charge on any atom is -0.361 e. The molecule has 0 radical (unpaired) electrons. The quantitative estimate of drug-likeness (QED) is 0.736. The molecule has 1 heterocycles. The van der Waals surface area contributed by atoms with Gasteiger partial charge in [-0.15, -0.1) is 0 Å². The van der Waals surface area contributed by atoms with Crippen molar-refractivity contribution < 1.29 is 4.39 Å². The molecule has 0 amide bonds. The standard InChI is InChI=1S/C12H13FN2/c13-9-3-1-4-10-11(9)8(7-15-10)12(14)5-2-6-12/h1,3-4,7,15H,2,5-6,14H2. The molecule has 2 nitrogen and oxygen atoms in total. The molecule has 0 saturated heterocycles. The second kappa shape index (κ2) is 2.83. The fraction of sp³-hybridized carbons (Fsp3) is 0.333. The van der Waals surface area contributed by atoms with Gasteiger partial charge in [0.1, 0.15) is 5.82 Å². The van der Waals surface area contributed by atoms with Crippen LogP contribution in [0.3, 0.4) is 0 Å². The Morgan fingerprint density at radius 3 is 2.80 bits per heavy atom. The van der Waals surface area contributed by atoms with Gasteiger partial charge in [0.2, 0.25) is 0 Å². The Morgan fingerprint density at radius 2 is 2.13 bits per heavy atom. The van der Waals surface area contributed by atoms with Crippen molar-refractivity contribution >= 4 is 10.9 Å². The van der Waals surface area contributed by atoms with Crippen LogP contribution in [0.15, 0.2) is 24.4 Å². The van der Waals surface area contributed by atoms with E-state index in [0.717, 1.165) is 30.3 Å². The molecule has 2 aromatic rings. The van der Waals surface area contributed by atoms with Gasteiger partial charge in [-0.2, -0.15) is 0 Å². The summed E-state index contributed by atoms with van der Waals surface area (Å²) in [4.78, 5) is 3.08. The van der Waals surface area contributed by atoms with Gasteiger partial charge in [-0.3, -0.25) is 0 Å². The number of nitrogens with one attached hydrogen (secondary N) is 1. The van der Waals surface area contributed by atoms with Crippen molar-refractivity contribution in [3.63, 3.8) is 0 Å². The molecule has 3 rings (SSSR count). The molecule has 1 saturated carbocycles. The minimum atomic E-state index is -0.305. The van der Waals surface area contributed by atoms with Gasteiger partial charge in [-0.1, -0.05) is 6.07 Å². The maximum Gasteiger partial charge on any atom is 0.132 e. The van der Waals surface area contributed by atoms with Gasteiger partial charge in [0.15, 0.2) is 0 Å². The number of fused-ring (bicyclic) bond motifs is 1. The van der Waals surface area contributed by atoms with E-state index < -0.39 is 0 Å². The fourth-order valence-corrected chi connectivity index (χ4v) is 2.36. The van der Waals surface area contributed by atoms with E-state index >= 15 is 0 Å². The monoisotopic (exact) mass is 204 g/mol. The van der Waals surface area contributed by atoms with E-state index in [1.165, 1.54) is 6.07 Å². The van der Waals surface area contributed by atoms with Crippen molar-refractivity contribution in [3.05, 3.63) is 35.8 Å². The number of benzene rings is 1. The first-order valence-electron chi connectivity index (χ1n) is 5.26. The number of halogens is 1. The summed E-state index contributed by atoms with van der Waals surface area (Å²) in [5.74, 6) is -0.180. The van der Waals surface area contributed by atoms with Crippen molar-refractivity contribution in [2.45, 2.75) is 24.8 Å². The minimum absolute atomic E-state index is 0.180. The van der Waals surface area contributed by atoms with Gasteiger partial charge in [-0.05, 0) is 31.4 Å². The second-order valence-corrected chi connectivity index (χ2v) is 4.37. The van der Waals surface area contributed by atoms with Gasteiger partial charge in [0.25, 0.3) is 0 Å². The first kappa shape index (κ1) is 8.92. The van der Waals surface area contributed by atoms with Crippen LogP contribution in [0.5, 0.6) is 0 Å². The molecule has 3 heteroatoms. The zero-order valence-electron chi connectivity index (χ0n) is 8.39. The Morgan fingerprint density at radius 1 is 1.33 bits per heavy atom. The molecular formula is C12H13FN2. The van der Waals surface area contributed by atoms with E-state index in [9.17, 15) is 4.39 Å². The molecule has 15 heavy (non-hydrogen) atoms. The Bertz CT molecular complexity index is 511. The summed E-state index contributed by atoms with van der Waals surface area (Å²) in [6.45, 7) is 0. The lowest BCUT2D eigenvalue weighted by molar-refractivity contribution is 0.255. The Kier molecular flexibility index (Phi) is 1.68. The average Bonchev–Trinajstić information content (AvgIpc) is 2.60. The highest BCUT2D eigenvalue weighted by Crippen LogP contribution is 2.42. The van der Waals surface area contributed by atoms with Crippen molar-refractivity contribution in [3.8, 4) is 0 Å². The number of aromatic nitrogens is 1. The Labute approximate surface area is 87.3 Å². The summed E-state index contributed by atoms with van der Waals surface area (Å²) in [7, 11) is 0. The summed E-state index contributed by atoms with van der Waals surface area (Å²) in [6, 6.07) is 5.08. The van der Waals surface area contributed by atoms with Crippen molar-refractivity contribution in [2.75, 3.05) is 0 Å². The number of aromatic amines is 1. The molecular weight excluding hydrogens is 191 g/mol. The maximum absolute atomic E-state index is 13.7. The number of nitrogens with two attached hydrogens (primary N) is 1. The third-order valence-corrected chi connectivity index (χ3v) is 3.44. The largest absolute Gasteiger partial charge is 0.361 e. The van der Waals surface area contributed by atoms with Crippen molar-refractivity contribution in [1.29, 1.82) is 0 Å². The number of hydrogen-bond acceptors (Lipinski definition) is 1. The molecule has 0 spiro atoms. The van der Waals surface area contributed by atoms with Crippen LogP contribution >= 0.6 is 0 Å². The van der Waals surface area contributed by atoms with Gasteiger partial charge in [-0.25, -0.2) is 4.39 Å². The summed E-state index contributed by atoms with van der Waals surface area (Å²) in [5.41, 5.74) is 7.68. The Hall–Kier alpha value is -1.35. The van der Waals surface area contributed by atoms with Crippen LogP contribution in [0.25, 0.3) is 10.9 Å². The van der Waals surface area contributed by atoms with Crippen LogP contribution in [0.2, 0.25) is 0 Å². The smallest absolute Gasteiger partial charge is 0.132 e. The van der Waals surface area contributed by atoms with Crippen molar-refractivity contribution in [2.24, 2.45) is 5.73 Å². The van der Waals surface area contributed by atoms with Gasteiger partial charge < -0.3 is 10.7 Å². The first-order chi connectivity index (χ1) is 7.21. The predicted molar refractivity (Wildman–Crippen MR) is 58.0 cm³/mol. The third kappa shape index (κ3) is 1.13. The number of hydrogen-bond donors (Lipinski definition) is 2. The topological polar surface area (TPSA) is 41.8 Å². The van der Waals surface area contributed by atoms with E-state index in [2.05, 4.69) is 4.98 Å². The van der Waals surface area contributed by atoms with Gasteiger partial charge in [0, 0.05) is 28.2 Å². The SMILES string of the molecule is NC1(c2c[nH]c3cccc(F)c23)CCC1. The van der Waals surface area contributed by atoms with Crippen LogP contribution in [0, 0.1) is 5.82 Å². The summed E-state index contributed by atoms with van der Waals surface area (Å²) < 4.78 is 13.7. The van der Waals surface area contributed by atoms with Crippen LogP contribution in [-0.2, 0) is 5.54 Å². The summed E-state index contributed by atoms with van der Waals surface area (Å²) in [6.07, 6.45) is 4.90. The van der Waals surface area contributed by atoms with E-state index in [0.29, 0.717) is 5.39 Å². The number of rotatable bonds is 1. The zero-order valence-corrected chi connectivity index (χ0v) is 8.39. The highest BCUT2D eigenvalue weighted by Gasteiger charge is 2.36. The van der Waals surface area contributed by atoms with Crippen LogP contribution in [-0.4, -0.2) is 4.98 Å². The summed E-state index contributed by atoms with van der Waals surface area (Å²) >= 11 is 0. The predicted octanol–water partition coefficient (Wildman–Crippen LogP) is 2.64. The molecule has 78 valence electrons.